The van der Waals surface area contributed by atoms with Gasteiger partial charge < -0.3 is 4.74 Å². The minimum atomic E-state index is -0.830. The standard InChI is InChI=1S/C31H28N3O2PS/c1-21(23-8-4-3-5-9-23)30(38-20-37)28(18-33)31(35)34-13-12-24(19-34)25-14-22(17-32)15-26(16-25)27-10-6-7-11-29(27)36-2/h3-11,14-16,21,24,28,30H,12-13,19H2,1-2H3. The maximum atomic E-state index is 13.7. The van der Waals surface area contributed by atoms with Gasteiger partial charge in [0.1, 0.15) is 5.75 Å². The zero-order valence-corrected chi connectivity index (χ0v) is 23.1. The zero-order valence-electron chi connectivity index (χ0n) is 21.4. The molecular formula is C31H28N3O2PS. The number of nitrogens with zero attached hydrogens (tertiary/aromatic N) is 3. The fourth-order valence-electron chi connectivity index (χ4n) is 5.15. The molecule has 4 rings (SSSR count). The first kappa shape index (κ1) is 27.5. The normalized spacial score (nSPS) is 16.9. The first-order valence-corrected chi connectivity index (χ1v) is 13.8. The van der Waals surface area contributed by atoms with Crippen molar-refractivity contribution >= 4 is 26.4 Å². The number of hydrogen-bond donors (Lipinski definition) is 0. The van der Waals surface area contributed by atoms with E-state index in [4.69, 9.17) is 4.74 Å². The third kappa shape index (κ3) is 5.96. The van der Waals surface area contributed by atoms with Gasteiger partial charge in [0.05, 0.1) is 7.11 Å². The van der Waals surface area contributed by atoms with E-state index in [1.807, 2.05) is 73.7 Å². The van der Waals surface area contributed by atoms with Crippen molar-refractivity contribution < 1.29 is 9.53 Å². The Bertz CT molecular complexity index is 1420. The molecule has 1 saturated heterocycles. The van der Waals surface area contributed by atoms with Crippen molar-refractivity contribution in [2.45, 2.75) is 30.4 Å². The molecule has 190 valence electrons. The number of nitriles is 2. The molecule has 4 atom stereocenters. The van der Waals surface area contributed by atoms with E-state index in [1.165, 1.54) is 11.8 Å². The van der Waals surface area contributed by atoms with E-state index >= 15 is 0 Å². The Morgan fingerprint density at radius 2 is 1.84 bits per heavy atom. The summed E-state index contributed by atoms with van der Waals surface area (Å²) in [5, 5.41) is 19.5. The molecule has 0 radical (unpaired) electrons. The molecule has 0 saturated carbocycles. The van der Waals surface area contributed by atoms with Crippen molar-refractivity contribution in [3.8, 4) is 34.0 Å². The van der Waals surface area contributed by atoms with E-state index in [9.17, 15) is 15.3 Å². The summed E-state index contributed by atoms with van der Waals surface area (Å²) >= 11 is 1.30. The third-order valence-electron chi connectivity index (χ3n) is 7.21. The van der Waals surface area contributed by atoms with Crippen molar-refractivity contribution in [3.63, 3.8) is 0 Å². The predicted molar refractivity (Wildman–Crippen MR) is 153 cm³/mol. The molecule has 1 aliphatic heterocycles. The van der Waals surface area contributed by atoms with Crippen molar-refractivity contribution in [2.75, 3.05) is 20.2 Å². The average molecular weight is 538 g/mol. The Labute approximate surface area is 230 Å². The molecule has 1 heterocycles. The van der Waals surface area contributed by atoms with Crippen molar-refractivity contribution in [1.82, 2.24) is 4.90 Å². The predicted octanol–water partition coefficient (Wildman–Crippen LogP) is 6.92. The van der Waals surface area contributed by atoms with Crippen LogP contribution in [0, 0.1) is 33.5 Å². The summed E-state index contributed by atoms with van der Waals surface area (Å²) in [5.41, 5.74) is 4.46. The molecule has 3 aromatic rings. The summed E-state index contributed by atoms with van der Waals surface area (Å²) in [4.78, 5) is 18.3. The van der Waals surface area contributed by atoms with Crippen LogP contribution < -0.4 is 4.74 Å². The SMILES string of the molecule is COc1ccccc1-c1cc(C#N)cc(C2CCN(C(=O)C(C#N)C(SC#P)C(C)c3ccccc3)C2)c1. The van der Waals surface area contributed by atoms with E-state index in [2.05, 4.69) is 31.9 Å². The van der Waals surface area contributed by atoms with Crippen molar-refractivity contribution in [1.29, 1.82) is 10.5 Å². The average Bonchev–Trinajstić information content (AvgIpc) is 3.47. The Morgan fingerprint density at radius 1 is 1.11 bits per heavy atom. The molecular weight excluding hydrogens is 509 g/mol. The Morgan fingerprint density at radius 3 is 2.53 bits per heavy atom. The summed E-state index contributed by atoms with van der Waals surface area (Å²) in [7, 11) is 5.79. The number of benzene rings is 3. The molecule has 7 heteroatoms. The van der Waals surface area contributed by atoms with Gasteiger partial charge in [0.2, 0.25) is 0 Å². The van der Waals surface area contributed by atoms with Crippen molar-refractivity contribution in [3.05, 3.63) is 89.5 Å². The van der Waals surface area contributed by atoms with E-state index in [1.54, 1.807) is 12.0 Å². The van der Waals surface area contributed by atoms with Gasteiger partial charge in [-0.3, -0.25) is 0 Å². The molecule has 0 spiro atoms. The number of carbonyl (C=O) groups is 1. The van der Waals surface area contributed by atoms with Gasteiger partial charge in [-0.15, -0.1) is 0 Å². The Hall–Kier alpha value is -3.53. The molecule has 0 aromatic heterocycles. The fourth-order valence-corrected chi connectivity index (χ4v) is 6.32. The molecule has 0 N–H and O–H groups in total. The number of ether oxygens (including phenoxy) is 1. The van der Waals surface area contributed by atoms with Gasteiger partial charge in [-0.05, 0) is 6.07 Å². The summed E-state index contributed by atoms with van der Waals surface area (Å²) in [6, 6.07) is 28.1. The fraction of sp³-hybridized carbons (Fsp3) is 0.290. The number of para-hydroxylation sites is 1. The van der Waals surface area contributed by atoms with Gasteiger partial charge >= 0.3 is 184 Å². The molecule has 38 heavy (non-hydrogen) atoms. The number of carbonyl (C=O) groups excluding carboxylic acids is 1. The summed E-state index contributed by atoms with van der Waals surface area (Å²) in [6.07, 6.45) is 0.765. The monoisotopic (exact) mass is 537 g/mol. The second-order valence-electron chi connectivity index (χ2n) is 9.41. The van der Waals surface area contributed by atoms with Crippen LogP contribution >= 0.6 is 20.5 Å². The number of hydrogen-bond acceptors (Lipinski definition) is 5. The topological polar surface area (TPSA) is 77.1 Å². The summed E-state index contributed by atoms with van der Waals surface area (Å²) in [6.45, 7) is 3.10. The molecule has 0 aliphatic carbocycles. The first-order chi connectivity index (χ1) is 18.5. The molecule has 5 nitrogen and oxygen atoms in total. The van der Waals surface area contributed by atoms with Crippen LogP contribution in [0.5, 0.6) is 5.75 Å². The van der Waals surface area contributed by atoms with Gasteiger partial charge in [0.25, 0.3) is 0 Å². The van der Waals surface area contributed by atoms with E-state index in [0.717, 1.165) is 34.4 Å². The van der Waals surface area contributed by atoms with Gasteiger partial charge in [0, 0.05) is 0 Å². The van der Waals surface area contributed by atoms with Crippen LogP contribution in [-0.2, 0) is 4.79 Å². The molecule has 1 amide bonds. The van der Waals surface area contributed by atoms with Crippen LogP contribution in [-0.4, -0.2) is 36.3 Å². The number of likely N-dealkylation sites (tertiary alicyclic amines) is 1. The van der Waals surface area contributed by atoms with Crippen LogP contribution in [0.2, 0.25) is 0 Å². The van der Waals surface area contributed by atoms with Crippen LogP contribution in [0.15, 0.2) is 72.8 Å². The summed E-state index contributed by atoms with van der Waals surface area (Å²) in [5.74, 6) is -0.227. The molecule has 1 fully saturated rings. The quantitative estimate of drug-likeness (QED) is 0.292. The van der Waals surface area contributed by atoms with Gasteiger partial charge in [0.15, 0.2) is 0 Å². The third-order valence-corrected chi connectivity index (χ3v) is 8.59. The van der Waals surface area contributed by atoms with E-state index < -0.39 is 5.92 Å². The molecule has 1 aliphatic rings. The van der Waals surface area contributed by atoms with Crippen molar-refractivity contribution in [2.24, 2.45) is 5.92 Å². The van der Waals surface area contributed by atoms with Crippen LogP contribution in [0.1, 0.15) is 41.9 Å². The number of rotatable bonds is 8. The maximum absolute atomic E-state index is 13.7. The Balaban J connectivity index is 1.57. The Kier molecular flexibility index (Phi) is 9.28. The molecule has 3 aromatic carbocycles. The van der Waals surface area contributed by atoms with Crippen LogP contribution in [0.3, 0.4) is 0 Å². The summed E-state index contributed by atoms with van der Waals surface area (Å²) < 4.78 is 5.54. The van der Waals surface area contributed by atoms with Gasteiger partial charge in [-0.25, -0.2) is 0 Å². The van der Waals surface area contributed by atoms with Gasteiger partial charge in [-0.2, -0.15) is 5.26 Å². The first-order valence-electron chi connectivity index (χ1n) is 12.5. The van der Waals surface area contributed by atoms with Crippen LogP contribution in [0.4, 0.5) is 0 Å². The number of amides is 1. The molecule has 0 bridgehead atoms. The second kappa shape index (κ2) is 12.8. The minimum absolute atomic E-state index is 0.0384. The zero-order chi connectivity index (χ0) is 27.1. The van der Waals surface area contributed by atoms with E-state index in [-0.39, 0.29) is 23.0 Å². The molecule has 4 unspecified atom stereocenters. The second-order valence-corrected chi connectivity index (χ2v) is 10.9. The number of methoxy groups -OCH3 is 1. The number of thioether (sulfide) groups is 1. The van der Waals surface area contributed by atoms with E-state index in [0.29, 0.717) is 18.7 Å². The van der Waals surface area contributed by atoms with Gasteiger partial charge in [-0.1, -0.05) is 18.2 Å². The van der Waals surface area contributed by atoms with Crippen LogP contribution in [0.25, 0.3) is 11.1 Å².